The van der Waals surface area contributed by atoms with Gasteiger partial charge < -0.3 is 28.6 Å². The molecule has 0 bridgehead atoms. The first-order valence-corrected chi connectivity index (χ1v) is 19.8. The largest absolute Gasteiger partial charge is 0.509 e. The summed E-state index contributed by atoms with van der Waals surface area (Å²) in [6.07, 6.45) is -6.53. The monoisotopic (exact) mass is 856 g/mol. The van der Waals surface area contributed by atoms with E-state index in [4.69, 9.17) is 51.2 Å². The van der Waals surface area contributed by atoms with Gasteiger partial charge in [0, 0.05) is 11.2 Å². The molecule has 0 radical (unpaired) electrons. The van der Waals surface area contributed by atoms with E-state index in [0.717, 1.165) is 23.8 Å². The van der Waals surface area contributed by atoms with Gasteiger partial charge in [-0.15, -0.1) is 11.8 Å². The van der Waals surface area contributed by atoms with E-state index in [1.54, 1.807) is 62.3 Å². The number of carbonyl (C=O) groups excluding carboxylic acids is 3. The highest BCUT2D eigenvalue weighted by atomic mass is 35.5. The molecule has 2 unspecified atom stereocenters. The number of carboxylic acids is 1. The van der Waals surface area contributed by atoms with Gasteiger partial charge in [-0.1, -0.05) is 23.2 Å². The van der Waals surface area contributed by atoms with Crippen molar-refractivity contribution in [2.24, 2.45) is 0 Å². The van der Waals surface area contributed by atoms with Crippen LogP contribution in [0.25, 0.3) is 0 Å². The SMILES string of the molecule is CC(NP(=O)(OC[C@H]1S[C@@H](n2ccc(N(C(=O)OC(C)(C)C)C(=O)OC(C)(C)C)nc2=O)[C@@H](F)[C@@H]1OC(=O)OC(C)(C)C)Oc1ccc(Cl)cc1Cl)C(=O)O. The van der Waals surface area contributed by atoms with Crippen LogP contribution < -0.4 is 20.2 Å². The number of aromatic nitrogens is 2. The number of hydrogen-bond donors (Lipinski definition) is 2. The standard InChI is InChI=1S/C33H44Cl2FN4O13PS/c1-17(26(41)42)38-54(47,53-20-12-11-18(34)15-19(20)35)48-16-21-24(49-30(46)52-33(8,9)10)23(36)25(55-21)39-14-13-22(37-27(39)43)40(28(44)50-31(2,3)4)29(45)51-32(5,6)7/h11-15,17,21,23-25H,16H2,1-10H3,(H,38,47)(H,41,42)/t17?,21-,23+,24-,25-,54?/m1/s1. The average Bonchev–Trinajstić information content (AvgIpc) is 3.29. The number of ether oxygens (including phenoxy) is 4. The van der Waals surface area contributed by atoms with Crippen molar-refractivity contribution in [2.45, 2.75) is 115 Å². The van der Waals surface area contributed by atoms with E-state index in [0.29, 0.717) is 16.7 Å². The minimum Gasteiger partial charge on any atom is -0.480 e. The number of amides is 2. The van der Waals surface area contributed by atoms with Crippen molar-refractivity contribution in [1.29, 1.82) is 0 Å². The summed E-state index contributed by atoms with van der Waals surface area (Å²) < 4.78 is 63.6. The molecule has 1 fully saturated rings. The van der Waals surface area contributed by atoms with Gasteiger partial charge in [-0.2, -0.15) is 15.0 Å². The Kier molecular flexibility index (Phi) is 14.7. The number of nitrogens with zero attached hydrogens (tertiary/aromatic N) is 3. The van der Waals surface area contributed by atoms with E-state index in [9.17, 15) is 33.6 Å². The predicted molar refractivity (Wildman–Crippen MR) is 201 cm³/mol. The van der Waals surface area contributed by atoms with Crippen molar-refractivity contribution in [2.75, 3.05) is 11.5 Å². The fraction of sp³-hybridized carbons (Fsp3) is 0.576. The number of carboxylic acid groups (broad SMARTS) is 1. The van der Waals surface area contributed by atoms with Crippen molar-refractivity contribution in [1.82, 2.24) is 14.6 Å². The second-order valence-corrected chi connectivity index (χ2v) is 18.9. The molecule has 22 heteroatoms. The molecule has 1 saturated heterocycles. The number of nitrogens with one attached hydrogen (secondary N) is 1. The Morgan fingerprint density at radius 2 is 1.56 bits per heavy atom. The van der Waals surface area contributed by atoms with Crippen LogP contribution in [0.2, 0.25) is 10.0 Å². The Bertz CT molecular complexity index is 1840. The van der Waals surface area contributed by atoms with Crippen molar-refractivity contribution in [3.05, 3.63) is 51.0 Å². The Morgan fingerprint density at radius 3 is 2.05 bits per heavy atom. The Labute approximate surface area is 331 Å². The van der Waals surface area contributed by atoms with E-state index < -0.39 is 95.9 Å². The number of benzene rings is 1. The highest BCUT2D eigenvalue weighted by Crippen LogP contribution is 2.51. The smallest absolute Gasteiger partial charge is 0.480 e. The zero-order valence-electron chi connectivity index (χ0n) is 31.7. The normalized spacial score (nSPS) is 20.5. The molecule has 1 aromatic carbocycles. The molecule has 0 aliphatic carbocycles. The lowest BCUT2D eigenvalue weighted by Gasteiger charge is -2.28. The van der Waals surface area contributed by atoms with Crippen LogP contribution in [0.5, 0.6) is 5.75 Å². The van der Waals surface area contributed by atoms with Crippen LogP contribution in [0.15, 0.2) is 35.3 Å². The lowest BCUT2D eigenvalue weighted by molar-refractivity contribution is -0.138. The molecule has 2 N–H and O–H groups in total. The number of alkyl halides is 1. The maximum Gasteiger partial charge on any atom is 0.509 e. The molecule has 17 nitrogen and oxygen atoms in total. The van der Waals surface area contributed by atoms with Crippen molar-refractivity contribution in [3.63, 3.8) is 0 Å². The second-order valence-electron chi connectivity index (χ2n) is 15.0. The number of aliphatic carboxylic acids is 1. The van der Waals surface area contributed by atoms with Crippen molar-refractivity contribution >= 4 is 72.8 Å². The van der Waals surface area contributed by atoms with Crippen LogP contribution in [-0.2, 0) is 32.8 Å². The first-order chi connectivity index (χ1) is 25.1. The fourth-order valence-corrected chi connectivity index (χ4v) is 8.01. The first-order valence-electron chi connectivity index (χ1n) is 16.5. The van der Waals surface area contributed by atoms with E-state index >= 15 is 4.39 Å². The maximum atomic E-state index is 16.4. The number of halogens is 3. The molecule has 306 valence electrons. The second kappa shape index (κ2) is 17.7. The third-order valence-corrected chi connectivity index (χ3v) is 10.3. The highest BCUT2D eigenvalue weighted by molar-refractivity contribution is 8.00. The topological polar surface area (TPSA) is 211 Å². The molecule has 2 amide bonds. The minimum absolute atomic E-state index is 0.0985. The minimum atomic E-state index is -4.67. The molecule has 0 spiro atoms. The number of anilines is 1. The fourth-order valence-electron chi connectivity index (χ4n) is 4.41. The molecular formula is C33H44Cl2FN4O13PS. The summed E-state index contributed by atoms with van der Waals surface area (Å²) in [5, 5.41) is 9.12. The lowest BCUT2D eigenvalue weighted by atomic mass is 10.1. The third-order valence-electron chi connectivity index (χ3n) is 6.60. The predicted octanol–water partition coefficient (Wildman–Crippen LogP) is 7.77. The molecule has 2 aromatic rings. The Morgan fingerprint density at radius 1 is 1.00 bits per heavy atom. The van der Waals surface area contributed by atoms with Gasteiger partial charge in [-0.05, 0) is 93.5 Å². The van der Waals surface area contributed by atoms with Crippen LogP contribution in [0, 0.1) is 0 Å². The molecule has 2 heterocycles. The Balaban J connectivity index is 2.02. The summed E-state index contributed by atoms with van der Waals surface area (Å²) in [5.74, 6) is -2.12. The zero-order valence-corrected chi connectivity index (χ0v) is 34.9. The summed E-state index contributed by atoms with van der Waals surface area (Å²) in [6, 6.07) is 3.48. The third kappa shape index (κ3) is 13.5. The van der Waals surface area contributed by atoms with Gasteiger partial charge in [0.05, 0.1) is 16.9 Å². The highest BCUT2D eigenvalue weighted by Gasteiger charge is 2.50. The molecule has 0 saturated carbocycles. The zero-order chi connectivity index (χ0) is 41.8. The van der Waals surface area contributed by atoms with Crippen LogP contribution in [-0.4, -0.2) is 85.9 Å². The maximum absolute atomic E-state index is 16.4. The summed E-state index contributed by atoms with van der Waals surface area (Å²) in [5.41, 5.74) is -4.32. The van der Waals surface area contributed by atoms with Gasteiger partial charge in [0.15, 0.2) is 18.1 Å². The molecule has 1 aliphatic rings. The van der Waals surface area contributed by atoms with E-state index in [2.05, 4.69) is 10.1 Å². The van der Waals surface area contributed by atoms with Gasteiger partial charge >= 0.3 is 37.7 Å². The van der Waals surface area contributed by atoms with E-state index in [-0.39, 0.29) is 15.8 Å². The molecule has 1 aliphatic heterocycles. The van der Waals surface area contributed by atoms with Crippen molar-refractivity contribution < 1.29 is 61.2 Å². The number of carbonyl (C=O) groups is 4. The number of imide groups is 1. The number of thioether (sulfide) groups is 1. The van der Waals surface area contributed by atoms with Crippen molar-refractivity contribution in [3.8, 4) is 5.75 Å². The van der Waals surface area contributed by atoms with Gasteiger partial charge in [0.1, 0.15) is 34.0 Å². The summed E-state index contributed by atoms with van der Waals surface area (Å²) in [7, 11) is -4.67. The number of hydrogen-bond acceptors (Lipinski definition) is 14. The van der Waals surface area contributed by atoms with Gasteiger partial charge in [0.25, 0.3) is 0 Å². The summed E-state index contributed by atoms with van der Waals surface area (Å²) in [4.78, 5) is 68.4. The first kappa shape index (κ1) is 45.8. The molecule has 1 aromatic heterocycles. The quantitative estimate of drug-likeness (QED) is 0.126. The van der Waals surface area contributed by atoms with Crippen LogP contribution >= 0.6 is 42.7 Å². The summed E-state index contributed by atoms with van der Waals surface area (Å²) >= 11 is 12.8. The average molecular weight is 858 g/mol. The van der Waals surface area contributed by atoms with Crippen LogP contribution in [0.1, 0.15) is 74.6 Å². The molecule has 55 heavy (non-hydrogen) atoms. The van der Waals surface area contributed by atoms with E-state index in [1.807, 2.05) is 0 Å². The van der Waals surface area contributed by atoms with Gasteiger partial charge in [0.2, 0.25) is 0 Å². The Hall–Kier alpha value is -3.61. The van der Waals surface area contributed by atoms with Crippen LogP contribution in [0.4, 0.5) is 24.6 Å². The lowest BCUT2D eigenvalue weighted by Crippen LogP contribution is -2.45. The molecule has 6 atom stereocenters. The summed E-state index contributed by atoms with van der Waals surface area (Å²) in [6.45, 7) is 14.4. The number of rotatable bonds is 11. The van der Waals surface area contributed by atoms with E-state index in [1.165, 1.54) is 18.2 Å². The van der Waals surface area contributed by atoms with Gasteiger partial charge in [-0.25, -0.2) is 28.1 Å². The molecule has 3 rings (SSSR count). The van der Waals surface area contributed by atoms with Gasteiger partial charge in [-0.3, -0.25) is 13.9 Å². The van der Waals surface area contributed by atoms with Crippen LogP contribution in [0.3, 0.4) is 0 Å². The molecular weight excluding hydrogens is 813 g/mol.